The Labute approximate surface area is 124 Å². The lowest BCUT2D eigenvalue weighted by molar-refractivity contribution is 0.582. The van der Waals surface area contributed by atoms with Gasteiger partial charge in [0.1, 0.15) is 27.2 Å². The van der Waals surface area contributed by atoms with Gasteiger partial charge in [0.25, 0.3) is 10.0 Å². The normalized spacial score (nSPS) is 11.1. The van der Waals surface area contributed by atoms with Gasteiger partial charge in [0.15, 0.2) is 0 Å². The number of anilines is 1. The van der Waals surface area contributed by atoms with Gasteiger partial charge in [-0.2, -0.15) is 0 Å². The number of hydrogen-bond acceptors (Lipinski definition) is 4. The topological polar surface area (TPSA) is 85.1 Å². The summed E-state index contributed by atoms with van der Waals surface area (Å²) in [6.07, 6.45) is 1.33. The highest BCUT2D eigenvalue weighted by Crippen LogP contribution is 2.21. The molecule has 1 aromatic carbocycles. The summed E-state index contributed by atoms with van der Waals surface area (Å²) in [4.78, 5) is 3.28. The molecule has 0 fully saturated rings. The van der Waals surface area contributed by atoms with Gasteiger partial charge in [-0.05, 0) is 24.3 Å². The number of sulfonamides is 1. The largest absolute Gasteiger partial charge is 0.388 e. The molecule has 0 saturated heterocycles. The summed E-state index contributed by atoms with van der Waals surface area (Å²) in [5.74, 6) is -1.86. The number of nitrogens with two attached hydrogens (primary N) is 1. The fraction of sp³-hybridized carbons (Fsp3) is 0. The third kappa shape index (κ3) is 3.31. The Morgan fingerprint density at radius 2 is 2.00 bits per heavy atom. The van der Waals surface area contributed by atoms with Crippen molar-refractivity contribution in [3.05, 3.63) is 53.9 Å². The van der Waals surface area contributed by atoms with Crippen molar-refractivity contribution in [2.24, 2.45) is 5.73 Å². The fourth-order valence-electron chi connectivity index (χ4n) is 1.56. The molecule has 9 heteroatoms. The Balaban J connectivity index is 2.46. The molecule has 0 spiro atoms. The van der Waals surface area contributed by atoms with Crippen LogP contribution in [0.1, 0.15) is 5.69 Å². The molecule has 110 valence electrons. The van der Waals surface area contributed by atoms with E-state index in [0.717, 1.165) is 12.1 Å². The zero-order chi connectivity index (χ0) is 15.6. The summed E-state index contributed by atoms with van der Waals surface area (Å²) in [5, 5.41) is 0. The Morgan fingerprint density at radius 1 is 1.29 bits per heavy atom. The van der Waals surface area contributed by atoms with Gasteiger partial charge < -0.3 is 5.73 Å². The minimum absolute atomic E-state index is 0.109. The fourth-order valence-corrected chi connectivity index (χ4v) is 3.03. The maximum atomic E-state index is 13.5. The van der Waals surface area contributed by atoms with E-state index in [1.165, 1.54) is 18.3 Å². The second-order valence-corrected chi connectivity index (χ2v) is 6.03. The van der Waals surface area contributed by atoms with Gasteiger partial charge in [0.2, 0.25) is 0 Å². The molecule has 0 bridgehead atoms. The average Bonchev–Trinajstić information content (AvgIpc) is 2.42. The maximum Gasteiger partial charge on any atom is 0.264 e. The zero-order valence-electron chi connectivity index (χ0n) is 10.4. The molecule has 0 saturated carbocycles. The van der Waals surface area contributed by atoms with E-state index in [9.17, 15) is 17.2 Å². The van der Waals surface area contributed by atoms with Crippen molar-refractivity contribution in [3.8, 4) is 0 Å². The Bertz CT molecular complexity index is 810. The maximum absolute atomic E-state index is 13.5. The van der Waals surface area contributed by atoms with Crippen molar-refractivity contribution < 1.29 is 17.2 Å². The molecule has 3 N–H and O–H groups in total. The predicted molar refractivity (Wildman–Crippen MR) is 77.3 cm³/mol. The van der Waals surface area contributed by atoms with Crippen molar-refractivity contribution in [3.63, 3.8) is 0 Å². The minimum Gasteiger partial charge on any atom is -0.388 e. The van der Waals surface area contributed by atoms with E-state index in [1.54, 1.807) is 0 Å². The molecule has 0 aliphatic carbocycles. The first-order chi connectivity index (χ1) is 9.81. The summed E-state index contributed by atoms with van der Waals surface area (Å²) < 4.78 is 52.8. The Kier molecular flexibility index (Phi) is 4.14. The second-order valence-electron chi connectivity index (χ2n) is 3.94. The molecule has 0 atom stereocenters. The van der Waals surface area contributed by atoms with Crippen LogP contribution in [-0.2, 0) is 10.0 Å². The van der Waals surface area contributed by atoms with E-state index in [1.807, 2.05) is 4.72 Å². The molecule has 0 radical (unpaired) electrons. The number of pyridine rings is 1. The van der Waals surface area contributed by atoms with Gasteiger partial charge in [0, 0.05) is 12.3 Å². The lowest BCUT2D eigenvalue weighted by Gasteiger charge is -2.11. The van der Waals surface area contributed by atoms with Crippen molar-refractivity contribution in [1.82, 2.24) is 4.98 Å². The molecule has 21 heavy (non-hydrogen) atoms. The van der Waals surface area contributed by atoms with Crippen LogP contribution in [0.25, 0.3) is 0 Å². The van der Waals surface area contributed by atoms with Crippen LogP contribution >= 0.6 is 12.2 Å². The summed E-state index contributed by atoms with van der Waals surface area (Å²) in [6, 6.07) is 5.07. The van der Waals surface area contributed by atoms with E-state index in [4.69, 9.17) is 18.0 Å². The lowest BCUT2D eigenvalue weighted by Crippen LogP contribution is -2.21. The average molecular weight is 329 g/mol. The molecule has 0 unspecified atom stereocenters. The molecule has 0 aliphatic heterocycles. The smallest absolute Gasteiger partial charge is 0.264 e. The predicted octanol–water partition coefficient (Wildman–Crippen LogP) is 1.79. The lowest BCUT2D eigenvalue weighted by atomic mass is 10.3. The quantitative estimate of drug-likeness (QED) is 0.836. The summed E-state index contributed by atoms with van der Waals surface area (Å²) in [6.45, 7) is 0. The molecule has 5 nitrogen and oxygen atoms in total. The summed E-state index contributed by atoms with van der Waals surface area (Å²) in [5.41, 5.74) is 4.90. The number of aromatic nitrogens is 1. The van der Waals surface area contributed by atoms with E-state index in [-0.39, 0.29) is 15.6 Å². The van der Waals surface area contributed by atoms with E-state index in [0.29, 0.717) is 6.07 Å². The Hall–Kier alpha value is -2.13. The third-order valence-corrected chi connectivity index (χ3v) is 4.06. The molecule has 0 amide bonds. The van der Waals surface area contributed by atoms with Crippen LogP contribution in [0.5, 0.6) is 0 Å². The molecule has 1 heterocycles. The van der Waals surface area contributed by atoms with E-state index < -0.39 is 27.3 Å². The van der Waals surface area contributed by atoms with E-state index >= 15 is 0 Å². The summed E-state index contributed by atoms with van der Waals surface area (Å²) in [7, 11) is -4.17. The van der Waals surface area contributed by atoms with Crippen LogP contribution in [0.15, 0.2) is 41.4 Å². The summed E-state index contributed by atoms with van der Waals surface area (Å²) >= 11 is 4.73. The molecule has 2 aromatic rings. The molecular formula is C12H9F2N3O2S2. The molecule has 2 rings (SSSR count). The van der Waals surface area contributed by atoms with Gasteiger partial charge >= 0.3 is 0 Å². The second kappa shape index (κ2) is 5.70. The van der Waals surface area contributed by atoms with Crippen molar-refractivity contribution >= 4 is 32.9 Å². The SMILES string of the molecule is NC(=S)c1ncccc1S(=O)(=O)Nc1ccc(F)cc1F. The van der Waals surface area contributed by atoms with Gasteiger partial charge in [0.05, 0.1) is 5.69 Å². The van der Waals surface area contributed by atoms with Crippen LogP contribution in [0, 0.1) is 11.6 Å². The number of nitrogens with one attached hydrogen (secondary N) is 1. The standard InChI is InChI=1S/C12H9F2N3O2S2/c13-7-3-4-9(8(14)6-7)17-21(18,19)10-2-1-5-16-11(10)12(15)20/h1-6,17H,(H2,15,20). The van der Waals surface area contributed by atoms with Crippen LogP contribution in [0.4, 0.5) is 14.5 Å². The van der Waals surface area contributed by atoms with Crippen LogP contribution in [0.3, 0.4) is 0 Å². The first-order valence-electron chi connectivity index (χ1n) is 5.54. The van der Waals surface area contributed by atoms with Gasteiger partial charge in [-0.15, -0.1) is 0 Å². The minimum atomic E-state index is -4.17. The number of halogens is 2. The highest BCUT2D eigenvalue weighted by atomic mass is 32.2. The number of benzene rings is 1. The van der Waals surface area contributed by atoms with Crippen molar-refractivity contribution in [2.75, 3.05) is 4.72 Å². The first kappa shape index (κ1) is 15.3. The van der Waals surface area contributed by atoms with E-state index in [2.05, 4.69) is 4.98 Å². The Morgan fingerprint density at radius 3 is 2.62 bits per heavy atom. The number of thiocarbonyl (C=S) groups is 1. The van der Waals surface area contributed by atoms with Crippen LogP contribution in [0.2, 0.25) is 0 Å². The molecule has 1 aromatic heterocycles. The highest BCUT2D eigenvalue weighted by Gasteiger charge is 2.22. The molecular weight excluding hydrogens is 320 g/mol. The van der Waals surface area contributed by atoms with Gasteiger partial charge in [-0.1, -0.05) is 12.2 Å². The first-order valence-corrected chi connectivity index (χ1v) is 7.43. The molecule has 0 aliphatic rings. The third-order valence-electron chi connectivity index (χ3n) is 2.47. The van der Waals surface area contributed by atoms with Gasteiger partial charge in [-0.3, -0.25) is 9.71 Å². The monoisotopic (exact) mass is 329 g/mol. The van der Waals surface area contributed by atoms with Gasteiger partial charge in [-0.25, -0.2) is 17.2 Å². The zero-order valence-corrected chi connectivity index (χ0v) is 12.0. The number of rotatable bonds is 4. The van der Waals surface area contributed by atoms with Crippen LogP contribution in [-0.4, -0.2) is 18.4 Å². The number of hydrogen-bond donors (Lipinski definition) is 2. The van der Waals surface area contributed by atoms with Crippen molar-refractivity contribution in [2.45, 2.75) is 4.90 Å². The highest BCUT2D eigenvalue weighted by molar-refractivity contribution is 7.93. The number of nitrogens with zero attached hydrogens (tertiary/aromatic N) is 1. The van der Waals surface area contributed by atoms with Crippen LogP contribution < -0.4 is 10.5 Å². The van der Waals surface area contributed by atoms with Crippen molar-refractivity contribution in [1.29, 1.82) is 0 Å².